The first kappa shape index (κ1) is 12.1. The van der Waals surface area contributed by atoms with Crippen LogP contribution in [0.15, 0.2) is 30.7 Å². The van der Waals surface area contributed by atoms with E-state index in [4.69, 9.17) is 5.11 Å². The van der Waals surface area contributed by atoms with Crippen molar-refractivity contribution < 1.29 is 18.7 Å². The Morgan fingerprint density at radius 1 is 1.28 bits per heavy atom. The predicted molar refractivity (Wildman–Crippen MR) is 58.7 cm³/mol. The second kappa shape index (κ2) is 4.87. The van der Waals surface area contributed by atoms with Crippen LogP contribution in [0.1, 0.15) is 5.56 Å². The first-order valence-corrected chi connectivity index (χ1v) is 5.04. The fraction of sp³-hybridized carbons (Fsp3) is 0.0833. The van der Waals surface area contributed by atoms with Gasteiger partial charge in [0.15, 0.2) is 11.6 Å². The summed E-state index contributed by atoms with van der Waals surface area (Å²) >= 11 is 0. The summed E-state index contributed by atoms with van der Waals surface area (Å²) in [6, 6.07) is 3.28. The number of carboxylic acids is 1. The fourth-order valence-corrected chi connectivity index (χ4v) is 1.55. The van der Waals surface area contributed by atoms with Crippen LogP contribution in [0.4, 0.5) is 8.78 Å². The van der Waals surface area contributed by atoms with Gasteiger partial charge < -0.3 is 5.11 Å². The Hall–Kier alpha value is -2.37. The summed E-state index contributed by atoms with van der Waals surface area (Å²) in [4.78, 5) is 18.3. The standard InChI is InChI=1S/C12H8F2N2O2/c13-9-2-1-7(3-10(9)14)12-8(4-11(17)18)5-15-6-16-12/h1-3,5-6H,4H2,(H,17,18). The Bertz CT molecular complexity index is 602. The summed E-state index contributed by atoms with van der Waals surface area (Å²) in [5.74, 6) is -3.02. The third-order valence-corrected chi connectivity index (χ3v) is 2.32. The zero-order valence-electron chi connectivity index (χ0n) is 9.10. The lowest BCUT2D eigenvalue weighted by molar-refractivity contribution is -0.136. The molecule has 0 aliphatic carbocycles. The van der Waals surface area contributed by atoms with Crippen molar-refractivity contribution in [3.8, 4) is 11.3 Å². The maximum absolute atomic E-state index is 13.1. The highest BCUT2D eigenvalue weighted by Crippen LogP contribution is 2.22. The minimum Gasteiger partial charge on any atom is -0.481 e. The van der Waals surface area contributed by atoms with E-state index in [0.29, 0.717) is 11.1 Å². The van der Waals surface area contributed by atoms with Gasteiger partial charge in [-0.25, -0.2) is 18.7 Å². The Kier molecular flexibility index (Phi) is 3.27. The molecule has 0 spiro atoms. The van der Waals surface area contributed by atoms with Crippen LogP contribution in [0.2, 0.25) is 0 Å². The number of rotatable bonds is 3. The smallest absolute Gasteiger partial charge is 0.307 e. The number of carboxylic acid groups (broad SMARTS) is 1. The zero-order valence-corrected chi connectivity index (χ0v) is 9.10. The van der Waals surface area contributed by atoms with Gasteiger partial charge in [0.2, 0.25) is 0 Å². The number of nitrogens with zero attached hydrogens (tertiary/aromatic N) is 2. The maximum Gasteiger partial charge on any atom is 0.307 e. The van der Waals surface area contributed by atoms with Gasteiger partial charge >= 0.3 is 5.97 Å². The summed E-state index contributed by atoms with van der Waals surface area (Å²) in [5, 5.41) is 8.75. The minimum atomic E-state index is -1.05. The van der Waals surface area contributed by atoms with Crippen molar-refractivity contribution in [3.05, 3.63) is 47.9 Å². The topological polar surface area (TPSA) is 63.1 Å². The third-order valence-electron chi connectivity index (χ3n) is 2.32. The summed E-state index contributed by atoms with van der Waals surface area (Å²) in [5.41, 5.74) is 0.940. The summed E-state index contributed by atoms with van der Waals surface area (Å²) in [6.45, 7) is 0. The molecule has 0 atom stereocenters. The number of carbonyl (C=O) groups is 1. The summed E-state index contributed by atoms with van der Waals surface area (Å²) in [6.07, 6.45) is 2.29. The molecule has 92 valence electrons. The van der Waals surface area contributed by atoms with E-state index in [1.807, 2.05) is 0 Å². The molecule has 0 fully saturated rings. The molecule has 0 aliphatic rings. The molecule has 2 rings (SSSR count). The summed E-state index contributed by atoms with van der Waals surface area (Å²) in [7, 11) is 0. The van der Waals surface area contributed by atoms with Crippen LogP contribution in [0, 0.1) is 11.6 Å². The van der Waals surface area contributed by atoms with Crippen LogP contribution in [0.25, 0.3) is 11.3 Å². The lowest BCUT2D eigenvalue weighted by Crippen LogP contribution is -2.04. The largest absolute Gasteiger partial charge is 0.481 e. The molecule has 0 unspecified atom stereocenters. The second-order valence-corrected chi connectivity index (χ2v) is 3.60. The molecule has 1 aromatic carbocycles. The van der Waals surface area contributed by atoms with E-state index in [2.05, 4.69) is 9.97 Å². The van der Waals surface area contributed by atoms with Gasteiger partial charge in [-0.15, -0.1) is 0 Å². The van der Waals surface area contributed by atoms with Gasteiger partial charge in [0.05, 0.1) is 12.1 Å². The van der Waals surface area contributed by atoms with Gasteiger partial charge in [-0.2, -0.15) is 0 Å². The summed E-state index contributed by atoms with van der Waals surface area (Å²) < 4.78 is 25.9. The molecular formula is C12H8F2N2O2. The average Bonchev–Trinajstić information content (AvgIpc) is 2.33. The van der Waals surface area contributed by atoms with Crippen LogP contribution >= 0.6 is 0 Å². The van der Waals surface area contributed by atoms with Crippen molar-refractivity contribution in [2.24, 2.45) is 0 Å². The van der Waals surface area contributed by atoms with Gasteiger partial charge in [0, 0.05) is 17.3 Å². The Labute approximate surface area is 101 Å². The van der Waals surface area contributed by atoms with Gasteiger partial charge in [-0.1, -0.05) is 0 Å². The van der Waals surface area contributed by atoms with E-state index in [1.54, 1.807) is 0 Å². The SMILES string of the molecule is O=C(O)Cc1cncnc1-c1ccc(F)c(F)c1. The molecule has 6 heteroatoms. The first-order valence-electron chi connectivity index (χ1n) is 5.04. The van der Waals surface area contributed by atoms with Gasteiger partial charge in [-0.05, 0) is 18.2 Å². The van der Waals surface area contributed by atoms with Crippen molar-refractivity contribution in [3.63, 3.8) is 0 Å². The van der Waals surface area contributed by atoms with Crippen LogP contribution < -0.4 is 0 Å². The molecule has 0 bridgehead atoms. The molecule has 0 saturated carbocycles. The third kappa shape index (κ3) is 2.48. The van der Waals surface area contributed by atoms with E-state index < -0.39 is 17.6 Å². The van der Waals surface area contributed by atoms with Gasteiger partial charge in [0.1, 0.15) is 6.33 Å². The van der Waals surface area contributed by atoms with Crippen LogP contribution in [-0.4, -0.2) is 21.0 Å². The molecule has 1 N–H and O–H groups in total. The zero-order chi connectivity index (χ0) is 13.1. The molecule has 0 amide bonds. The van der Waals surface area contributed by atoms with Crippen LogP contribution in [0.3, 0.4) is 0 Å². The monoisotopic (exact) mass is 250 g/mol. The van der Waals surface area contributed by atoms with Gasteiger partial charge in [0.25, 0.3) is 0 Å². The number of benzene rings is 1. The maximum atomic E-state index is 13.1. The molecule has 0 aliphatic heterocycles. The lowest BCUT2D eigenvalue weighted by atomic mass is 10.0. The lowest BCUT2D eigenvalue weighted by Gasteiger charge is -2.06. The first-order chi connectivity index (χ1) is 8.58. The number of hydrogen-bond donors (Lipinski definition) is 1. The Balaban J connectivity index is 2.49. The number of hydrogen-bond acceptors (Lipinski definition) is 3. The van der Waals surface area contributed by atoms with E-state index in [-0.39, 0.29) is 12.1 Å². The van der Waals surface area contributed by atoms with Crippen LogP contribution in [-0.2, 0) is 11.2 Å². The van der Waals surface area contributed by atoms with Crippen molar-refractivity contribution in [2.75, 3.05) is 0 Å². The molecule has 18 heavy (non-hydrogen) atoms. The number of aliphatic carboxylic acids is 1. The Morgan fingerprint density at radius 2 is 2.06 bits per heavy atom. The molecule has 0 radical (unpaired) electrons. The molecule has 1 heterocycles. The fourth-order valence-electron chi connectivity index (χ4n) is 1.55. The van der Waals surface area contributed by atoms with E-state index in [1.165, 1.54) is 18.6 Å². The van der Waals surface area contributed by atoms with E-state index >= 15 is 0 Å². The quantitative estimate of drug-likeness (QED) is 0.905. The number of aromatic nitrogens is 2. The highest BCUT2D eigenvalue weighted by Gasteiger charge is 2.12. The highest BCUT2D eigenvalue weighted by atomic mass is 19.2. The minimum absolute atomic E-state index is 0.283. The highest BCUT2D eigenvalue weighted by molar-refractivity contribution is 5.74. The van der Waals surface area contributed by atoms with Crippen molar-refractivity contribution in [1.29, 1.82) is 0 Å². The molecule has 1 aromatic heterocycles. The molecule has 0 saturated heterocycles. The van der Waals surface area contributed by atoms with Crippen molar-refractivity contribution in [1.82, 2.24) is 9.97 Å². The van der Waals surface area contributed by atoms with Crippen molar-refractivity contribution >= 4 is 5.97 Å². The molecule has 2 aromatic rings. The van der Waals surface area contributed by atoms with E-state index in [9.17, 15) is 13.6 Å². The normalized spacial score (nSPS) is 10.3. The number of halogens is 2. The van der Waals surface area contributed by atoms with E-state index in [0.717, 1.165) is 12.1 Å². The predicted octanol–water partition coefficient (Wildman–Crippen LogP) is 2.05. The average molecular weight is 250 g/mol. The Morgan fingerprint density at radius 3 is 2.72 bits per heavy atom. The second-order valence-electron chi connectivity index (χ2n) is 3.60. The van der Waals surface area contributed by atoms with Crippen LogP contribution in [0.5, 0.6) is 0 Å². The molecular weight excluding hydrogens is 242 g/mol. The molecule has 4 nitrogen and oxygen atoms in total. The van der Waals surface area contributed by atoms with Gasteiger partial charge in [-0.3, -0.25) is 4.79 Å². The van der Waals surface area contributed by atoms with Crippen molar-refractivity contribution in [2.45, 2.75) is 6.42 Å².